The van der Waals surface area contributed by atoms with E-state index in [1.54, 1.807) is 6.08 Å². The molecule has 3 heteroatoms. The lowest BCUT2D eigenvalue weighted by Crippen LogP contribution is -2.42. The van der Waals surface area contributed by atoms with E-state index in [4.69, 9.17) is 0 Å². The van der Waals surface area contributed by atoms with Crippen molar-refractivity contribution >= 4 is 12.0 Å². The molecule has 21 heavy (non-hydrogen) atoms. The first-order valence-corrected chi connectivity index (χ1v) is 7.76. The standard InChI is InChI=1S/C16H21NO2.C2H6/c1-16(13-18)9-11-17(12-10-16)15(19)8-7-14-5-3-2-4-6-14;1-2/h2-8,18H,9-13H2,1H3;1-2H3/b8-7+;. The Morgan fingerprint density at radius 2 is 1.81 bits per heavy atom. The average Bonchev–Trinajstić information content (AvgIpc) is 2.56. The van der Waals surface area contributed by atoms with Crippen molar-refractivity contribution in [2.75, 3.05) is 19.7 Å². The molecule has 0 radical (unpaired) electrons. The number of carbonyl (C=O) groups is 1. The van der Waals surface area contributed by atoms with Crippen LogP contribution >= 0.6 is 0 Å². The summed E-state index contributed by atoms with van der Waals surface area (Å²) >= 11 is 0. The molecule has 116 valence electrons. The Kier molecular flexibility index (Phi) is 7.17. The van der Waals surface area contributed by atoms with E-state index < -0.39 is 0 Å². The molecule has 2 rings (SSSR count). The lowest BCUT2D eigenvalue weighted by atomic mass is 9.81. The van der Waals surface area contributed by atoms with Crippen LogP contribution in [-0.4, -0.2) is 35.6 Å². The zero-order chi connectivity index (χ0) is 15.7. The second kappa shape index (κ2) is 8.63. The first-order valence-electron chi connectivity index (χ1n) is 7.76. The molecular weight excluding hydrogens is 262 g/mol. The fourth-order valence-corrected chi connectivity index (χ4v) is 2.26. The van der Waals surface area contributed by atoms with Gasteiger partial charge in [-0.1, -0.05) is 51.1 Å². The number of aliphatic hydroxyl groups is 1. The summed E-state index contributed by atoms with van der Waals surface area (Å²) in [6.07, 6.45) is 5.22. The lowest BCUT2D eigenvalue weighted by Gasteiger charge is -2.37. The maximum absolute atomic E-state index is 12.0. The van der Waals surface area contributed by atoms with Gasteiger partial charge in [-0.05, 0) is 29.9 Å². The van der Waals surface area contributed by atoms with E-state index in [9.17, 15) is 9.90 Å². The highest BCUT2D eigenvalue weighted by Gasteiger charge is 2.30. The highest BCUT2D eigenvalue weighted by molar-refractivity contribution is 5.91. The second-order valence-electron chi connectivity index (χ2n) is 5.54. The molecule has 0 unspecified atom stereocenters. The van der Waals surface area contributed by atoms with Crippen molar-refractivity contribution in [2.24, 2.45) is 5.41 Å². The Balaban J connectivity index is 0.00000106. The lowest BCUT2D eigenvalue weighted by molar-refractivity contribution is -0.128. The Hall–Kier alpha value is -1.61. The highest BCUT2D eigenvalue weighted by atomic mass is 16.3. The number of piperidine rings is 1. The summed E-state index contributed by atoms with van der Waals surface area (Å²) in [5.41, 5.74) is 1.02. The number of carbonyl (C=O) groups excluding carboxylic acids is 1. The van der Waals surface area contributed by atoms with Gasteiger partial charge >= 0.3 is 0 Å². The predicted molar refractivity (Wildman–Crippen MR) is 87.8 cm³/mol. The van der Waals surface area contributed by atoms with E-state index in [-0.39, 0.29) is 17.9 Å². The van der Waals surface area contributed by atoms with Gasteiger partial charge in [0.2, 0.25) is 5.91 Å². The zero-order valence-electron chi connectivity index (χ0n) is 13.4. The number of aliphatic hydroxyl groups excluding tert-OH is 1. The molecule has 0 spiro atoms. The third-order valence-corrected chi connectivity index (χ3v) is 3.88. The van der Waals surface area contributed by atoms with E-state index in [1.165, 1.54) is 0 Å². The van der Waals surface area contributed by atoms with Crippen molar-refractivity contribution < 1.29 is 9.90 Å². The van der Waals surface area contributed by atoms with Gasteiger partial charge in [0.25, 0.3) is 0 Å². The van der Waals surface area contributed by atoms with Crippen LogP contribution in [0, 0.1) is 5.41 Å². The third kappa shape index (κ3) is 5.35. The third-order valence-electron chi connectivity index (χ3n) is 3.88. The Morgan fingerprint density at radius 1 is 1.24 bits per heavy atom. The van der Waals surface area contributed by atoms with Crippen molar-refractivity contribution in [2.45, 2.75) is 33.6 Å². The molecule has 0 atom stereocenters. The second-order valence-corrected chi connectivity index (χ2v) is 5.54. The monoisotopic (exact) mass is 289 g/mol. The number of benzene rings is 1. The van der Waals surface area contributed by atoms with Crippen LogP contribution in [0.2, 0.25) is 0 Å². The van der Waals surface area contributed by atoms with Crippen molar-refractivity contribution in [1.82, 2.24) is 4.90 Å². The molecule has 3 nitrogen and oxygen atoms in total. The summed E-state index contributed by atoms with van der Waals surface area (Å²) in [6, 6.07) is 9.82. The van der Waals surface area contributed by atoms with Gasteiger partial charge in [-0.2, -0.15) is 0 Å². The van der Waals surface area contributed by atoms with Gasteiger partial charge in [0.1, 0.15) is 0 Å². The maximum atomic E-state index is 12.0. The van der Waals surface area contributed by atoms with Gasteiger partial charge in [-0.3, -0.25) is 4.79 Å². The minimum absolute atomic E-state index is 0.0140. The number of likely N-dealkylation sites (tertiary alicyclic amines) is 1. The normalized spacial score (nSPS) is 17.2. The van der Waals surface area contributed by atoms with Crippen molar-refractivity contribution in [1.29, 1.82) is 0 Å². The number of hydrogen-bond donors (Lipinski definition) is 1. The summed E-state index contributed by atoms with van der Waals surface area (Å²) in [4.78, 5) is 13.9. The fraction of sp³-hybridized carbons (Fsp3) is 0.500. The minimum Gasteiger partial charge on any atom is -0.396 e. The molecule has 1 N–H and O–H groups in total. The predicted octanol–water partition coefficient (Wildman–Crippen LogP) is 3.35. The van der Waals surface area contributed by atoms with E-state index >= 15 is 0 Å². The van der Waals surface area contributed by atoms with Gasteiger partial charge in [-0.15, -0.1) is 0 Å². The molecule has 1 amide bonds. The molecule has 1 aromatic carbocycles. The minimum atomic E-state index is -0.0140. The molecule has 0 bridgehead atoms. The van der Waals surface area contributed by atoms with Crippen LogP contribution in [0.1, 0.15) is 39.2 Å². The summed E-state index contributed by atoms with van der Waals surface area (Å²) in [7, 11) is 0. The summed E-state index contributed by atoms with van der Waals surface area (Å²) in [6.45, 7) is 7.74. The molecule has 0 aliphatic carbocycles. The van der Waals surface area contributed by atoms with Crippen LogP contribution in [0.25, 0.3) is 6.08 Å². The van der Waals surface area contributed by atoms with Gasteiger partial charge < -0.3 is 10.0 Å². The van der Waals surface area contributed by atoms with Crippen LogP contribution in [0.15, 0.2) is 36.4 Å². The summed E-state index contributed by atoms with van der Waals surface area (Å²) in [5.74, 6) is 0.0591. The van der Waals surface area contributed by atoms with Gasteiger partial charge in [0.05, 0.1) is 0 Å². The number of amides is 1. The first kappa shape index (κ1) is 17.4. The molecule has 1 aromatic rings. The number of nitrogens with zero attached hydrogens (tertiary/aromatic N) is 1. The molecule has 0 aromatic heterocycles. The van der Waals surface area contributed by atoms with E-state index in [0.717, 1.165) is 31.5 Å². The molecule has 1 aliphatic rings. The van der Waals surface area contributed by atoms with Crippen LogP contribution in [0.5, 0.6) is 0 Å². The number of rotatable bonds is 3. The van der Waals surface area contributed by atoms with E-state index in [2.05, 4.69) is 6.92 Å². The topological polar surface area (TPSA) is 40.5 Å². The quantitative estimate of drug-likeness (QED) is 0.867. The largest absolute Gasteiger partial charge is 0.396 e. The van der Waals surface area contributed by atoms with E-state index in [1.807, 2.05) is 55.2 Å². The highest BCUT2D eigenvalue weighted by Crippen LogP contribution is 2.30. The molecule has 1 saturated heterocycles. The Morgan fingerprint density at radius 3 is 2.33 bits per heavy atom. The van der Waals surface area contributed by atoms with Crippen LogP contribution in [0.4, 0.5) is 0 Å². The average molecular weight is 289 g/mol. The van der Waals surface area contributed by atoms with Crippen molar-refractivity contribution in [3.8, 4) is 0 Å². The molecular formula is C18H27NO2. The van der Waals surface area contributed by atoms with Crippen molar-refractivity contribution in [3.63, 3.8) is 0 Å². The van der Waals surface area contributed by atoms with Crippen LogP contribution in [0.3, 0.4) is 0 Å². The fourth-order valence-electron chi connectivity index (χ4n) is 2.26. The number of hydrogen-bond acceptors (Lipinski definition) is 2. The molecule has 1 fully saturated rings. The van der Waals surface area contributed by atoms with Gasteiger partial charge in [0, 0.05) is 25.8 Å². The SMILES string of the molecule is CC.CC1(CO)CCN(C(=O)/C=C/c2ccccc2)CC1. The molecule has 1 aliphatic heterocycles. The zero-order valence-corrected chi connectivity index (χ0v) is 13.4. The Bertz CT molecular complexity index is 446. The first-order chi connectivity index (χ1) is 10.1. The van der Waals surface area contributed by atoms with Gasteiger partial charge in [0.15, 0.2) is 0 Å². The summed E-state index contributed by atoms with van der Waals surface area (Å²) < 4.78 is 0. The van der Waals surface area contributed by atoms with Crippen LogP contribution < -0.4 is 0 Å². The van der Waals surface area contributed by atoms with E-state index in [0.29, 0.717) is 0 Å². The maximum Gasteiger partial charge on any atom is 0.246 e. The Labute approximate surface area is 128 Å². The molecule has 0 saturated carbocycles. The van der Waals surface area contributed by atoms with Gasteiger partial charge in [-0.25, -0.2) is 0 Å². The molecule has 1 heterocycles. The van der Waals surface area contributed by atoms with Crippen molar-refractivity contribution in [3.05, 3.63) is 42.0 Å². The smallest absolute Gasteiger partial charge is 0.246 e. The van der Waals surface area contributed by atoms with Crippen LogP contribution in [-0.2, 0) is 4.79 Å². The summed E-state index contributed by atoms with van der Waals surface area (Å²) in [5, 5.41) is 9.31.